The second-order valence-corrected chi connectivity index (χ2v) is 8.57. The Kier molecular flexibility index (Phi) is 6.43. The van der Waals surface area contributed by atoms with Crippen LogP contribution in [0.3, 0.4) is 0 Å². The largest absolute Gasteiger partial charge is 0.493 e. The summed E-state index contributed by atoms with van der Waals surface area (Å²) in [6, 6.07) is 12.9. The number of aromatic nitrogens is 2. The van der Waals surface area contributed by atoms with Crippen LogP contribution >= 0.6 is 23.4 Å². The summed E-state index contributed by atoms with van der Waals surface area (Å²) in [6.45, 7) is 0.326. The highest BCUT2D eigenvalue weighted by Crippen LogP contribution is 2.39. The van der Waals surface area contributed by atoms with Gasteiger partial charge in [0.1, 0.15) is 12.4 Å². The number of anilines is 1. The van der Waals surface area contributed by atoms with Gasteiger partial charge in [0.2, 0.25) is 5.91 Å². The van der Waals surface area contributed by atoms with Crippen LogP contribution in [0.1, 0.15) is 29.0 Å². The molecule has 4 rings (SSSR count). The molecule has 0 saturated heterocycles. The van der Waals surface area contributed by atoms with Crippen LogP contribution in [0.15, 0.2) is 52.4 Å². The lowest BCUT2D eigenvalue weighted by atomic mass is 9.86. The molecule has 0 saturated carbocycles. The van der Waals surface area contributed by atoms with Gasteiger partial charge in [-0.05, 0) is 41.6 Å². The zero-order chi connectivity index (χ0) is 22.8. The van der Waals surface area contributed by atoms with Crippen molar-refractivity contribution in [1.29, 1.82) is 0 Å². The molecule has 0 bridgehead atoms. The van der Waals surface area contributed by atoms with E-state index in [1.807, 2.05) is 36.6 Å². The van der Waals surface area contributed by atoms with Gasteiger partial charge in [0.25, 0.3) is 5.56 Å². The fourth-order valence-electron chi connectivity index (χ4n) is 3.81. The zero-order valence-electron chi connectivity index (χ0n) is 17.8. The van der Waals surface area contributed by atoms with Crippen LogP contribution < -0.4 is 20.3 Å². The highest BCUT2D eigenvalue weighted by atomic mass is 35.5. The molecule has 166 valence electrons. The van der Waals surface area contributed by atoms with Crippen LogP contribution in [0, 0.1) is 0 Å². The van der Waals surface area contributed by atoms with E-state index in [9.17, 15) is 9.59 Å². The summed E-state index contributed by atoms with van der Waals surface area (Å²) in [7, 11) is 3.34. The van der Waals surface area contributed by atoms with Crippen LogP contribution in [-0.2, 0) is 18.4 Å². The van der Waals surface area contributed by atoms with Gasteiger partial charge in [0.15, 0.2) is 16.7 Å². The van der Waals surface area contributed by atoms with Gasteiger partial charge in [0, 0.05) is 24.4 Å². The van der Waals surface area contributed by atoms with Crippen LogP contribution in [0.2, 0.25) is 5.02 Å². The topological polar surface area (TPSA) is 82.5 Å². The monoisotopic (exact) mass is 471 g/mol. The summed E-state index contributed by atoms with van der Waals surface area (Å²) in [4.78, 5) is 29.5. The van der Waals surface area contributed by atoms with Gasteiger partial charge in [-0.25, -0.2) is 0 Å². The standard InChI is InChI=1S/C23H22ClN3O4S/c1-27-21-20(22(29)26-23(27)32-3)16(11-19(28)25-21)14-7-8-17(18(10-14)30-2)31-12-13-5-4-6-15(24)9-13/h4-10,16H,11-12H2,1-3H3,(H,25,28). The first kappa shape index (κ1) is 22.2. The molecule has 1 aliphatic heterocycles. The van der Waals surface area contributed by atoms with Crippen molar-refractivity contribution >= 4 is 35.1 Å². The van der Waals surface area contributed by atoms with E-state index in [0.717, 1.165) is 11.1 Å². The molecule has 0 radical (unpaired) electrons. The molecule has 1 N–H and O–H groups in total. The van der Waals surface area contributed by atoms with Gasteiger partial charge in [0.05, 0.1) is 12.7 Å². The normalized spacial score (nSPS) is 15.1. The van der Waals surface area contributed by atoms with Crippen LogP contribution in [-0.4, -0.2) is 28.8 Å². The Morgan fingerprint density at radius 2 is 2.03 bits per heavy atom. The Morgan fingerprint density at radius 1 is 1.22 bits per heavy atom. The summed E-state index contributed by atoms with van der Waals surface area (Å²) < 4.78 is 13.2. The van der Waals surface area contributed by atoms with E-state index in [0.29, 0.717) is 39.7 Å². The Labute approximate surface area is 194 Å². The van der Waals surface area contributed by atoms with Gasteiger partial charge < -0.3 is 19.4 Å². The molecule has 9 heteroatoms. The second-order valence-electron chi connectivity index (χ2n) is 7.36. The highest BCUT2D eigenvalue weighted by Gasteiger charge is 2.32. The SMILES string of the molecule is COc1cc(C2CC(=O)Nc3c2c(=O)nc(SC)n3C)ccc1OCc1cccc(Cl)c1. The number of carbonyl (C=O) groups is 1. The maximum absolute atomic E-state index is 12.8. The average Bonchev–Trinajstić information content (AvgIpc) is 2.79. The Balaban J connectivity index is 1.68. The van der Waals surface area contributed by atoms with Gasteiger partial charge in [-0.15, -0.1) is 0 Å². The second kappa shape index (κ2) is 9.26. The minimum absolute atomic E-state index is 0.147. The predicted molar refractivity (Wildman–Crippen MR) is 125 cm³/mol. The van der Waals surface area contributed by atoms with E-state index in [1.54, 1.807) is 30.9 Å². The van der Waals surface area contributed by atoms with E-state index >= 15 is 0 Å². The number of carbonyl (C=O) groups excluding carboxylic acids is 1. The number of amides is 1. The lowest BCUT2D eigenvalue weighted by Crippen LogP contribution is -2.33. The molecule has 1 atom stereocenters. The third-order valence-corrected chi connectivity index (χ3v) is 6.32. The number of nitrogens with one attached hydrogen (secondary N) is 1. The first-order valence-corrected chi connectivity index (χ1v) is 11.5. The molecule has 1 amide bonds. The summed E-state index contributed by atoms with van der Waals surface area (Å²) in [6.07, 6.45) is 1.98. The number of hydrogen-bond acceptors (Lipinski definition) is 6. The van der Waals surface area contributed by atoms with Crippen LogP contribution in [0.4, 0.5) is 5.82 Å². The van der Waals surface area contributed by atoms with E-state index < -0.39 is 5.92 Å². The van der Waals surface area contributed by atoms with Crippen molar-refractivity contribution in [2.75, 3.05) is 18.7 Å². The molecule has 2 aromatic carbocycles. The summed E-state index contributed by atoms with van der Waals surface area (Å²) in [5.41, 5.74) is 1.84. The van der Waals surface area contributed by atoms with Crippen molar-refractivity contribution < 1.29 is 14.3 Å². The van der Waals surface area contributed by atoms with Crippen molar-refractivity contribution in [3.05, 3.63) is 74.5 Å². The fraction of sp³-hybridized carbons (Fsp3) is 0.261. The molecule has 1 aromatic heterocycles. The van der Waals surface area contributed by atoms with Crippen LogP contribution in [0.5, 0.6) is 11.5 Å². The Morgan fingerprint density at radius 3 is 2.75 bits per heavy atom. The lowest BCUT2D eigenvalue weighted by molar-refractivity contribution is -0.116. The first-order valence-electron chi connectivity index (χ1n) is 9.91. The molecule has 32 heavy (non-hydrogen) atoms. The van der Waals surface area contributed by atoms with Crippen molar-refractivity contribution in [2.45, 2.75) is 24.1 Å². The maximum atomic E-state index is 12.8. The molecule has 7 nitrogen and oxygen atoms in total. The van der Waals surface area contributed by atoms with Crippen molar-refractivity contribution in [3.8, 4) is 11.5 Å². The van der Waals surface area contributed by atoms with Gasteiger partial charge in [-0.1, -0.05) is 41.6 Å². The van der Waals surface area contributed by atoms with E-state index in [-0.39, 0.29) is 17.9 Å². The molecular formula is C23H22ClN3O4S. The Hall–Kier alpha value is -2.97. The molecule has 0 spiro atoms. The number of thioether (sulfide) groups is 1. The number of fused-ring (bicyclic) bond motifs is 1. The minimum Gasteiger partial charge on any atom is -0.493 e. The summed E-state index contributed by atoms with van der Waals surface area (Å²) >= 11 is 7.39. The van der Waals surface area contributed by atoms with Crippen molar-refractivity contribution in [1.82, 2.24) is 9.55 Å². The molecular weight excluding hydrogens is 450 g/mol. The van der Waals surface area contributed by atoms with Gasteiger partial charge in [-0.2, -0.15) is 4.98 Å². The first-order chi connectivity index (χ1) is 15.4. The molecule has 3 aromatic rings. The molecule has 0 fully saturated rings. The Bertz CT molecular complexity index is 1240. The number of ether oxygens (including phenoxy) is 2. The third-order valence-electron chi connectivity index (χ3n) is 5.36. The third kappa shape index (κ3) is 4.33. The zero-order valence-corrected chi connectivity index (χ0v) is 19.4. The van der Waals surface area contributed by atoms with Crippen molar-refractivity contribution in [3.63, 3.8) is 0 Å². The number of benzene rings is 2. The van der Waals surface area contributed by atoms with Crippen LogP contribution in [0.25, 0.3) is 0 Å². The minimum atomic E-state index is -0.434. The predicted octanol–water partition coefficient (Wildman–Crippen LogP) is 4.22. The van der Waals surface area contributed by atoms with Crippen molar-refractivity contribution in [2.24, 2.45) is 7.05 Å². The number of methoxy groups -OCH3 is 1. The van der Waals surface area contributed by atoms with E-state index in [1.165, 1.54) is 11.8 Å². The quantitative estimate of drug-likeness (QED) is 0.428. The fourth-order valence-corrected chi connectivity index (χ4v) is 4.56. The number of nitrogens with zero attached hydrogens (tertiary/aromatic N) is 2. The average molecular weight is 472 g/mol. The number of hydrogen-bond donors (Lipinski definition) is 1. The van der Waals surface area contributed by atoms with Gasteiger partial charge >= 0.3 is 0 Å². The molecule has 1 unspecified atom stereocenters. The number of halogens is 1. The lowest BCUT2D eigenvalue weighted by Gasteiger charge is -2.27. The smallest absolute Gasteiger partial charge is 0.279 e. The summed E-state index contributed by atoms with van der Waals surface area (Å²) in [5, 5.41) is 4.01. The maximum Gasteiger partial charge on any atom is 0.279 e. The molecule has 2 heterocycles. The summed E-state index contributed by atoms with van der Waals surface area (Å²) in [5.74, 6) is 0.964. The highest BCUT2D eigenvalue weighted by molar-refractivity contribution is 7.98. The van der Waals surface area contributed by atoms with Gasteiger partial charge in [-0.3, -0.25) is 9.59 Å². The number of rotatable bonds is 6. The molecule has 1 aliphatic rings. The molecule has 0 aliphatic carbocycles. The van der Waals surface area contributed by atoms with E-state index in [2.05, 4.69) is 10.3 Å². The van der Waals surface area contributed by atoms with E-state index in [4.69, 9.17) is 21.1 Å².